The van der Waals surface area contributed by atoms with Crippen LogP contribution in [0.3, 0.4) is 0 Å². The Morgan fingerprint density at radius 2 is 1.44 bits per heavy atom. The molecule has 4 bridgehead atoms. The van der Waals surface area contributed by atoms with Crippen molar-refractivity contribution in [3.05, 3.63) is 33.1 Å². The van der Waals surface area contributed by atoms with Gasteiger partial charge in [0.25, 0.3) is 0 Å². The summed E-state index contributed by atoms with van der Waals surface area (Å²) in [6, 6.07) is 0.530. The largest absolute Gasteiger partial charge is 0.347 e. The van der Waals surface area contributed by atoms with Crippen LogP contribution in [0.5, 0.6) is 0 Å². The molecule has 18 heavy (non-hydrogen) atoms. The van der Waals surface area contributed by atoms with Gasteiger partial charge < -0.3 is 0 Å². The van der Waals surface area contributed by atoms with Crippen LogP contribution in [0.25, 0.3) is 0 Å². The van der Waals surface area contributed by atoms with Crippen molar-refractivity contribution in [1.29, 1.82) is 0 Å². The molecular weight excluding hydrogens is 230 g/mol. The van der Waals surface area contributed by atoms with Crippen LogP contribution >= 0.6 is 0 Å². The zero-order chi connectivity index (χ0) is 12.2. The van der Waals surface area contributed by atoms with Crippen LogP contribution in [0.15, 0.2) is 21.7 Å². The van der Waals surface area contributed by atoms with Gasteiger partial charge in [0.2, 0.25) is 0 Å². The maximum Gasteiger partial charge on any atom is 0.347 e. The monoisotopic (exact) mass is 245 g/mol. The van der Waals surface area contributed by atoms with E-state index in [1.54, 1.807) is 16.4 Å². The lowest BCUT2D eigenvalue weighted by atomic mass is 9.82. The number of aromatic nitrogens is 3. The standard InChI is InChI=1S/C13H15N3O2/c1-14-12(17)15-8-5-9(16(15)13(14)18)11-7-3-2-6(4-7)10(8)11/h2-3,6-11H,4-5H2,1H3/t6-,7-,8-,9-,10-,11+/m0/s1. The van der Waals surface area contributed by atoms with Crippen molar-refractivity contribution >= 4 is 0 Å². The molecule has 2 fully saturated rings. The number of fused-ring (bicyclic) bond motifs is 12. The van der Waals surface area contributed by atoms with Crippen LogP contribution in [-0.4, -0.2) is 13.9 Å². The average molecular weight is 245 g/mol. The number of allylic oxidation sites excluding steroid dienone is 2. The van der Waals surface area contributed by atoms with Gasteiger partial charge in [-0.2, -0.15) is 0 Å². The second-order valence-corrected chi connectivity index (χ2v) is 6.29. The highest BCUT2D eigenvalue weighted by atomic mass is 16.2. The molecule has 6 atom stereocenters. The minimum absolute atomic E-state index is 0.127. The van der Waals surface area contributed by atoms with E-state index in [4.69, 9.17) is 0 Å². The maximum atomic E-state index is 12.2. The fourth-order valence-electron chi connectivity index (χ4n) is 5.25. The van der Waals surface area contributed by atoms with Crippen LogP contribution < -0.4 is 11.4 Å². The predicted molar refractivity (Wildman–Crippen MR) is 64.3 cm³/mol. The topological polar surface area (TPSA) is 48.9 Å². The highest BCUT2D eigenvalue weighted by Gasteiger charge is 2.61. The highest BCUT2D eigenvalue weighted by molar-refractivity contribution is 5.21. The Kier molecular flexibility index (Phi) is 1.35. The molecule has 0 unspecified atom stereocenters. The van der Waals surface area contributed by atoms with E-state index in [2.05, 4.69) is 12.2 Å². The SMILES string of the molecule is Cn1c(=O)n2n(c1=O)[C@H]1C[C@H]2[C@@H]2[C@H]1[C@H]1C=C[C@H]2C1. The summed E-state index contributed by atoms with van der Waals surface area (Å²) in [6.07, 6.45) is 6.91. The second-order valence-electron chi connectivity index (χ2n) is 6.29. The summed E-state index contributed by atoms with van der Waals surface area (Å²) in [5.74, 6) is 2.49. The lowest BCUT2D eigenvalue weighted by Gasteiger charge is -2.33. The smallest absolute Gasteiger partial charge is 0.246 e. The first kappa shape index (κ1) is 9.42. The molecular formula is C13H15N3O2. The molecule has 3 aliphatic carbocycles. The van der Waals surface area contributed by atoms with Crippen molar-refractivity contribution in [1.82, 2.24) is 13.9 Å². The quantitative estimate of drug-likeness (QED) is 0.487. The van der Waals surface area contributed by atoms with Gasteiger partial charge in [-0.25, -0.2) is 23.5 Å². The van der Waals surface area contributed by atoms with Gasteiger partial charge in [-0.05, 0) is 36.5 Å². The molecule has 0 radical (unpaired) electrons. The summed E-state index contributed by atoms with van der Waals surface area (Å²) >= 11 is 0. The van der Waals surface area contributed by atoms with E-state index >= 15 is 0 Å². The molecule has 0 saturated heterocycles. The summed E-state index contributed by atoms with van der Waals surface area (Å²) in [7, 11) is 1.59. The van der Waals surface area contributed by atoms with Gasteiger partial charge >= 0.3 is 11.4 Å². The van der Waals surface area contributed by atoms with Crippen molar-refractivity contribution in [3.8, 4) is 0 Å². The number of nitrogens with zero attached hydrogens (tertiary/aromatic N) is 3. The molecule has 5 heteroatoms. The zero-order valence-electron chi connectivity index (χ0n) is 10.2. The Bertz CT molecular complexity index is 651. The van der Waals surface area contributed by atoms with Gasteiger partial charge in [-0.1, -0.05) is 12.2 Å². The third kappa shape index (κ3) is 0.744. The van der Waals surface area contributed by atoms with Crippen LogP contribution in [0.1, 0.15) is 24.9 Å². The van der Waals surface area contributed by atoms with E-state index in [9.17, 15) is 9.59 Å². The third-order valence-electron chi connectivity index (χ3n) is 5.78. The Hall–Kier alpha value is -1.52. The lowest BCUT2D eigenvalue weighted by molar-refractivity contribution is 0.176. The molecule has 0 amide bonds. The van der Waals surface area contributed by atoms with Crippen molar-refractivity contribution in [3.63, 3.8) is 0 Å². The average Bonchev–Trinajstić information content (AvgIpc) is 3.11. The summed E-state index contributed by atoms with van der Waals surface area (Å²) in [5, 5.41) is 0. The minimum Gasteiger partial charge on any atom is -0.246 e. The van der Waals surface area contributed by atoms with Gasteiger partial charge in [0.1, 0.15) is 0 Å². The van der Waals surface area contributed by atoms with Gasteiger partial charge in [0.15, 0.2) is 0 Å². The van der Waals surface area contributed by atoms with Crippen molar-refractivity contribution in [2.24, 2.45) is 30.7 Å². The molecule has 94 valence electrons. The summed E-state index contributed by atoms with van der Waals surface area (Å²) in [5.41, 5.74) is -0.254. The van der Waals surface area contributed by atoms with Crippen molar-refractivity contribution < 1.29 is 0 Å². The minimum atomic E-state index is -0.127. The molecule has 5 rings (SSSR count). The molecule has 1 aliphatic heterocycles. The maximum absolute atomic E-state index is 12.2. The van der Waals surface area contributed by atoms with Crippen LogP contribution in [0, 0.1) is 23.7 Å². The first-order chi connectivity index (χ1) is 8.68. The zero-order valence-corrected chi connectivity index (χ0v) is 10.2. The van der Waals surface area contributed by atoms with E-state index in [0.29, 0.717) is 23.7 Å². The van der Waals surface area contributed by atoms with E-state index in [0.717, 1.165) is 6.42 Å². The molecule has 2 saturated carbocycles. The van der Waals surface area contributed by atoms with Crippen molar-refractivity contribution in [2.75, 3.05) is 0 Å². The summed E-state index contributed by atoms with van der Waals surface area (Å²) in [4.78, 5) is 24.3. The van der Waals surface area contributed by atoms with Crippen molar-refractivity contribution in [2.45, 2.75) is 24.9 Å². The molecule has 4 aliphatic rings. The van der Waals surface area contributed by atoms with E-state index in [-0.39, 0.29) is 23.5 Å². The molecule has 5 nitrogen and oxygen atoms in total. The molecule has 2 heterocycles. The fraction of sp³-hybridized carbons (Fsp3) is 0.692. The Morgan fingerprint density at radius 3 is 1.94 bits per heavy atom. The van der Waals surface area contributed by atoms with Gasteiger partial charge in [0, 0.05) is 7.05 Å². The number of hydrogen-bond donors (Lipinski definition) is 0. The number of hydrogen-bond acceptors (Lipinski definition) is 2. The molecule has 0 spiro atoms. The van der Waals surface area contributed by atoms with Gasteiger partial charge in [-0.3, -0.25) is 0 Å². The molecule has 0 N–H and O–H groups in total. The lowest BCUT2D eigenvalue weighted by Crippen LogP contribution is -2.38. The Labute approximate surface area is 103 Å². The predicted octanol–water partition coefficient (Wildman–Crippen LogP) is 0.286. The Balaban J connectivity index is 1.80. The first-order valence-electron chi connectivity index (χ1n) is 6.77. The molecule has 0 aromatic carbocycles. The van der Waals surface area contributed by atoms with Gasteiger partial charge in [0.05, 0.1) is 12.1 Å². The Morgan fingerprint density at radius 1 is 0.944 bits per heavy atom. The second kappa shape index (κ2) is 2.58. The summed E-state index contributed by atoms with van der Waals surface area (Å²) in [6.45, 7) is 0. The van der Waals surface area contributed by atoms with E-state index in [1.807, 2.05) is 0 Å². The molecule has 1 aromatic heterocycles. The number of rotatable bonds is 0. The normalized spacial score (nSPS) is 45.8. The van der Waals surface area contributed by atoms with E-state index in [1.165, 1.54) is 11.0 Å². The van der Waals surface area contributed by atoms with Crippen LogP contribution in [0.2, 0.25) is 0 Å². The van der Waals surface area contributed by atoms with E-state index < -0.39 is 0 Å². The fourth-order valence-corrected chi connectivity index (χ4v) is 5.25. The first-order valence-corrected chi connectivity index (χ1v) is 6.77. The third-order valence-corrected chi connectivity index (χ3v) is 5.78. The van der Waals surface area contributed by atoms with Gasteiger partial charge in [-0.15, -0.1) is 0 Å². The molecule has 1 aromatic rings. The highest BCUT2D eigenvalue weighted by Crippen LogP contribution is 2.64. The van der Waals surface area contributed by atoms with Crippen LogP contribution in [-0.2, 0) is 7.05 Å². The van der Waals surface area contributed by atoms with Crippen LogP contribution in [0.4, 0.5) is 0 Å². The summed E-state index contributed by atoms with van der Waals surface area (Å²) < 4.78 is 4.76.